The van der Waals surface area contributed by atoms with Gasteiger partial charge < -0.3 is 5.11 Å². The molecule has 0 unspecified atom stereocenters. The quantitative estimate of drug-likeness (QED) is 0.175. The number of carbonyl (C=O) groups excluding carboxylic acids is 2. The highest BCUT2D eigenvalue weighted by molar-refractivity contribution is 6.58. The molecule has 2 aromatic carbocycles. The summed E-state index contributed by atoms with van der Waals surface area (Å²) in [4.78, 5) is 21.7. The van der Waals surface area contributed by atoms with Gasteiger partial charge in [-0.1, -0.05) is 36.4 Å². The van der Waals surface area contributed by atoms with Crippen LogP contribution < -0.4 is 4.90 Å². The summed E-state index contributed by atoms with van der Waals surface area (Å²) in [5, 5.41) is 9.59. The molecule has 1 fully saturated rings. The summed E-state index contributed by atoms with van der Waals surface area (Å²) >= 11 is 19.5. The topological polar surface area (TPSA) is 57.6 Å². The number of hydrogen-bond acceptors (Lipinski definition) is 3. The Kier molecular flexibility index (Phi) is 5.74. The van der Waals surface area contributed by atoms with Crippen LogP contribution in [0.4, 0.5) is 27.6 Å². The van der Waals surface area contributed by atoms with Gasteiger partial charge in [0.2, 0.25) is 5.82 Å². The van der Waals surface area contributed by atoms with E-state index in [1.54, 1.807) is 0 Å². The Morgan fingerprint density at radius 3 is 2.09 bits per heavy atom. The standard InChI is InChI=1S/C22H11Cl3F5NO3/c1-2-8-5-6-21(24)19(33)31(18-16(29)14(27)13(26)15(28)17(18)30)20(34)22(21,25)12(8)10-4-3-9(32)7-11(10)23/h2-5,7,12,32H,1,6H2/t12-,21-,22+/m1/s1. The van der Waals surface area contributed by atoms with Crippen LogP contribution in [0.5, 0.6) is 5.75 Å². The summed E-state index contributed by atoms with van der Waals surface area (Å²) in [6, 6.07) is 3.60. The zero-order chi connectivity index (χ0) is 25.3. The second-order valence-corrected chi connectivity index (χ2v) is 9.28. The summed E-state index contributed by atoms with van der Waals surface area (Å²) in [6.45, 7) is 3.62. The van der Waals surface area contributed by atoms with Crippen LogP contribution in [0.2, 0.25) is 5.02 Å². The molecule has 178 valence electrons. The number of carbonyl (C=O) groups is 2. The van der Waals surface area contributed by atoms with Gasteiger partial charge in [-0.05, 0) is 29.7 Å². The largest absolute Gasteiger partial charge is 0.508 e. The van der Waals surface area contributed by atoms with E-state index in [9.17, 15) is 36.6 Å². The third kappa shape index (κ3) is 2.96. The van der Waals surface area contributed by atoms with Gasteiger partial charge in [-0.25, -0.2) is 26.9 Å². The van der Waals surface area contributed by atoms with Gasteiger partial charge in [0.05, 0.1) is 0 Å². The van der Waals surface area contributed by atoms with Crippen LogP contribution in [-0.4, -0.2) is 26.7 Å². The van der Waals surface area contributed by atoms with E-state index in [1.165, 1.54) is 24.3 Å². The van der Waals surface area contributed by atoms with Crippen LogP contribution in [0, 0.1) is 29.1 Å². The predicted molar refractivity (Wildman–Crippen MR) is 115 cm³/mol. The van der Waals surface area contributed by atoms with Crippen LogP contribution in [0.3, 0.4) is 0 Å². The third-order valence-electron chi connectivity index (χ3n) is 5.92. The number of alkyl halides is 2. The minimum Gasteiger partial charge on any atom is -0.508 e. The number of imide groups is 1. The summed E-state index contributed by atoms with van der Waals surface area (Å²) in [5.74, 6) is -16.6. The lowest BCUT2D eigenvalue weighted by molar-refractivity contribution is -0.122. The number of phenols is 1. The SMILES string of the molecule is C=CC1=CC[C@@]2(Cl)C(=O)N(c3c(F)c(F)c(F)c(F)c3F)C(=O)[C@@]2(Cl)[C@H]1c1ccc(O)cc1Cl. The van der Waals surface area contributed by atoms with Crippen molar-refractivity contribution < 1.29 is 36.6 Å². The molecule has 2 aliphatic rings. The van der Waals surface area contributed by atoms with Gasteiger partial charge in [0.15, 0.2) is 33.0 Å². The normalized spacial score (nSPS) is 26.5. The van der Waals surface area contributed by atoms with Crippen LogP contribution in [0.1, 0.15) is 17.9 Å². The molecule has 1 N–H and O–H groups in total. The molecule has 34 heavy (non-hydrogen) atoms. The summed E-state index contributed by atoms with van der Waals surface area (Å²) in [5.41, 5.74) is -1.46. The Morgan fingerprint density at radius 2 is 1.56 bits per heavy atom. The van der Waals surface area contributed by atoms with Crippen LogP contribution in [-0.2, 0) is 9.59 Å². The number of halogens is 8. The van der Waals surface area contributed by atoms with Gasteiger partial charge in [-0.3, -0.25) is 9.59 Å². The molecule has 0 spiro atoms. The summed E-state index contributed by atoms with van der Waals surface area (Å²) in [7, 11) is 0. The molecule has 0 radical (unpaired) electrons. The molecule has 0 aromatic heterocycles. The van der Waals surface area contributed by atoms with Crippen molar-refractivity contribution in [2.45, 2.75) is 22.1 Å². The van der Waals surface area contributed by atoms with Crippen LogP contribution in [0.15, 0.2) is 42.5 Å². The monoisotopic (exact) mass is 537 g/mol. The lowest BCUT2D eigenvalue weighted by atomic mass is 9.68. The van der Waals surface area contributed by atoms with E-state index in [4.69, 9.17) is 34.8 Å². The zero-order valence-corrected chi connectivity index (χ0v) is 18.9. The average Bonchev–Trinajstić information content (AvgIpc) is 2.94. The number of allylic oxidation sites excluding steroid dienone is 3. The van der Waals surface area contributed by atoms with Crippen molar-refractivity contribution >= 4 is 52.3 Å². The fourth-order valence-corrected chi connectivity index (χ4v) is 5.41. The first-order chi connectivity index (χ1) is 15.8. The van der Waals surface area contributed by atoms with Gasteiger partial charge in [-0.15, -0.1) is 23.2 Å². The number of rotatable bonds is 3. The van der Waals surface area contributed by atoms with Crippen molar-refractivity contribution in [3.63, 3.8) is 0 Å². The van der Waals surface area contributed by atoms with Crippen LogP contribution in [0.25, 0.3) is 0 Å². The van der Waals surface area contributed by atoms with E-state index in [1.807, 2.05) is 0 Å². The Balaban J connectivity index is 2.01. The Bertz CT molecular complexity index is 1300. The summed E-state index contributed by atoms with van der Waals surface area (Å²) in [6.07, 6.45) is 2.23. The highest BCUT2D eigenvalue weighted by Gasteiger charge is 2.73. The van der Waals surface area contributed by atoms with Gasteiger partial charge >= 0.3 is 0 Å². The maximum atomic E-state index is 14.6. The van der Waals surface area contributed by atoms with Gasteiger partial charge in [0.25, 0.3) is 11.8 Å². The number of fused-ring (bicyclic) bond motifs is 1. The van der Waals surface area contributed by atoms with E-state index in [-0.39, 0.29) is 26.8 Å². The predicted octanol–water partition coefficient (Wildman–Crippen LogP) is 5.87. The molecule has 1 aliphatic carbocycles. The molecule has 12 heteroatoms. The molecular formula is C22H11Cl3F5NO3. The van der Waals surface area contributed by atoms with Crippen molar-refractivity contribution in [1.29, 1.82) is 0 Å². The molecule has 0 saturated carbocycles. The number of nitrogens with zero attached hydrogens (tertiary/aromatic N) is 1. The fraction of sp³-hybridized carbons (Fsp3) is 0.182. The minimum atomic E-state index is -2.52. The average molecular weight is 539 g/mol. The van der Waals surface area contributed by atoms with Crippen molar-refractivity contribution in [3.05, 3.63) is 82.2 Å². The number of hydrogen-bond donors (Lipinski definition) is 1. The maximum absolute atomic E-state index is 14.6. The first kappa shape index (κ1) is 24.5. The second kappa shape index (κ2) is 7.96. The summed E-state index contributed by atoms with van der Waals surface area (Å²) < 4.78 is 70.5. The van der Waals surface area contributed by atoms with E-state index in [0.717, 1.165) is 6.07 Å². The molecule has 0 bridgehead atoms. The maximum Gasteiger partial charge on any atom is 0.258 e. The molecule has 2 aromatic rings. The minimum absolute atomic E-state index is 0.0887. The van der Waals surface area contributed by atoms with Crippen LogP contribution >= 0.6 is 34.8 Å². The van der Waals surface area contributed by atoms with E-state index in [0.29, 0.717) is 0 Å². The van der Waals surface area contributed by atoms with Crippen molar-refractivity contribution in [1.82, 2.24) is 0 Å². The van der Waals surface area contributed by atoms with E-state index in [2.05, 4.69) is 6.58 Å². The van der Waals surface area contributed by atoms with Crippen molar-refractivity contribution in [2.75, 3.05) is 4.90 Å². The first-order valence-electron chi connectivity index (χ1n) is 9.42. The molecule has 1 aliphatic heterocycles. The van der Waals surface area contributed by atoms with E-state index < -0.39 is 68.7 Å². The lowest BCUT2D eigenvalue weighted by Crippen LogP contribution is -2.55. The fourth-order valence-electron chi connectivity index (χ4n) is 4.29. The Morgan fingerprint density at radius 1 is 1.00 bits per heavy atom. The molecular weight excluding hydrogens is 528 g/mol. The Hall–Kier alpha value is -2.62. The zero-order valence-electron chi connectivity index (χ0n) is 16.6. The van der Waals surface area contributed by atoms with E-state index >= 15 is 0 Å². The lowest BCUT2D eigenvalue weighted by Gasteiger charge is -2.42. The third-order valence-corrected chi connectivity index (χ3v) is 7.66. The molecule has 4 nitrogen and oxygen atoms in total. The van der Waals surface area contributed by atoms with Crippen molar-refractivity contribution in [3.8, 4) is 5.75 Å². The number of aromatic hydroxyl groups is 1. The Labute approximate surface area is 203 Å². The molecule has 3 atom stereocenters. The number of anilines is 1. The molecule has 1 heterocycles. The number of benzene rings is 2. The molecule has 1 saturated heterocycles. The highest BCUT2D eigenvalue weighted by atomic mass is 35.5. The van der Waals surface area contributed by atoms with Gasteiger partial charge in [0.1, 0.15) is 11.4 Å². The van der Waals surface area contributed by atoms with Crippen molar-refractivity contribution in [2.24, 2.45) is 0 Å². The van der Waals surface area contributed by atoms with Gasteiger partial charge in [0, 0.05) is 10.9 Å². The smallest absolute Gasteiger partial charge is 0.258 e. The highest BCUT2D eigenvalue weighted by Crippen LogP contribution is 2.60. The molecule has 4 rings (SSSR count). The molecule has 2 amide bonds. The second-order valence-electron chi connectivity index (χ2n) is 7.63. The number of amides is 2. The first-order valence-corrected chi connectivity index (χ1v) is 10.5. The van der Waals surface area contributed by atoms with Gasteiger partial charge in [-0.2, -0.15) is 0 Å². The number of phenolic OH excluding ortho intramolecular Hbond substituents is 1.